The number of nitrogens with one attached hydrogen (secondary N) is 2. The summed E-state index contributed by atoms with van der Waals surface area (Å²) in [6.45, 7) is 3.94. The third-order valence-electron chi connectivity index (χ3n) is 2.28. The van der Waals surface area contributed by atoms with Crippen LogP contribution in [0.5, 0.6) is 0 Å². The fraction of sp³-hybridized carbons (Fsp3) is 0.727. The minimum atomic E-state index is -0.621. The van der Waals surface area contributed by atoms with E-state index in [1.807, 2.05) is 13.8 Å². The van der Waals surface area contributed by atoms with Gasteiger partial charge in [0, 0.05) is 6.42 Å². The van der Waals surface area contributed by atoms with E-state index in [1.54, 1.807) is 0 Å². The Kier molecular flexibility index (Phi) is 7.13. The zero-order chi connectivity index (χ0) is 13.4. The Morgan fingerprint density at radius 2 is 2.06 bits per heavy atom. The van der Waals surface area contributed by atoms with Gasteiger partial charge < -0.3 is 21.6 Å². The van der Waals surface area contributed by atoms with Crippen LogP contribution in [-0.2, 0) is 9.59 Å². The van der Waals surface area contributed by atoms with Crippen LogP contribution in [0.1, 0.15) is 33.1 Å². The van der Waals surface area contributed by atoms with E-state index in [-0.39, 0.29) is 18.2 Å². The molecule has 0 aliphatic carbocycles. The molecule has 6 heteroatoms. The molecule has 0 aliphatic heterocycles. The highest BCUT2D eigenvalue weighted by Gasteiger charge is 2.18. The lowest BCUT2D eigenvalue weighted by molar-refractivity contribution is -0.125. The first-order valence-corrected chi connectivity index (χ1v) is 5.71. The number of nitrogens with two attached hydrogens (primary N) is 2. The summed E-state index contributed by atoms with van der Waals surface area (Å²) in [5, 5.41) is 9.59. The zero-order valence-electron chi connectivity index (χ0n) is 10.4. The van der Waals surface area contributed by atoms with Gasteiger partial charge in [0.15, 0.2) is 0 Å². The van der Waals surface area contributed by atoms with Gasteiger partial charge in [-0.15, -0.1) is 0 Å². The number of carbonyl (C=O) groups excluding carboxylic acids is 2. The normalized spacial score (nSPS) is 14.1. The van der Waals surface area contributed by atoms with Crippen LogP contribution in [0, 0.1) is 11.3 Å². The van der Waals surface area contributed by atoms with Gasteiger partial charge in [0.25, 0.3) is 0 Å². The van der Waals surface area contributed by atoms with Crippen molar-refractivity contribution in [1.29, 1.82) is 5.41 Å². The molecule has 0 spiro atoms. The zero-order valence-corrected chi connectivity index (χ0v) is 10.4. The van der Waals surface area contributed by atoms with E-state index in [0.717, 1.165) is 0 Å². The van der Waals surface area contributed by atoms with Crippen LogP contribution < -0.4 is 16.8 Å². The van der Waals surface area contributed by atoms with E-state index in [1.165, 1.54) is 0 Å². The molecule has 98 valence electrons. The largest absolute Gasteiger partial charge is 0.388 e. The molecule has 6 nitrogen and oxygen atoms in total. The monoisotopic (exact) mass is 242 g/mol. The number of hydrogen-bond acceptors (Lipinski definition) is 4. The molecular formula is C11H22N4O2. The van der Waals surface area contributed by atoms with E-state index in [0.29, 0.717) is 25.0 Å². The molecule has 0 aliphatic rings. The summed E-state index contributed by atoms with van der Waals surface area (Å²) in [7, 11) is 0. The predicted molar refractivity (Wildman–Crippen MR) is 66.6 cm³/mol. The molecule has 1 amide bonds. The van der Waals surface area contributed by atoms with E-state index in [4.69, 9.17) is 16.9 Å². The van der Waals surface area contributed by atoms with Crippen molar-refractivity contribution in [3.63, 3.8) is 0 Å². The van der Waals surface area contributed by atoms with Gasteiger partial charge in [0.2, 0.25) is 5.91 Å². The number of carbonyl (C=O) groups is 2. The lowest BCUT2D eigenvalue weighted by Gasteiger charge is -2.17. The molecule has 2 atom stereocenters. The minimum Gasteiger partial charge on any atom is -0.388 e. The molecule has 0 saturated carbocycles. The number of rotatable bonds is 8. The maximum atomic E-state index is 11.6. The van der Waals surface area contributed by atoms with Gasteiger partial charge in [-0.1, -0.05) is 13.8 Å². The number of hydrogen-bond donors (Lipinski definition) is 4. The van der Waals surface area contributed by atoms with Crippen molar-refractivity contribution in [3.05, 3.63) is 0 Å². The first kappa shape index (κ1) is 15.6. The number of amidine groups is 1. The molecule has 0 heterocycles. The molecule has 0 aromatic rings. The Morgan fingerprint density at radius 1 is 1.47 bits per heavy atom. The maximum Gasteiger partial charge on any atom is 0.237 e. The van der Waals surface area contributed by atoms with Crippen molar-refractivity contribution in [2.24, 2.45) is 17.4 Å². The van der Waals surface area contributed by atoms with Crippen molar-refractivity contribution >= 4 is 18.0 Å². The topological polar surface area (TPSA) is 122 Å². The Morgan fingerprint density at radius 3 is 2.47 bits per heavy atom. The standard InChI is InChI=1S/C11H22N4O2/c1-7(2)5-9(12)11(17)15-8(6-16)3-4-10(13)14/h6-9H,3-5,12H2,1-2H3,(H3,13,14)(H,15,17). The van der Waals surface area contributed by atoms with Crippen LogP contribution in [0.2, 0.25) is 0 Å². The summed E-state index contributed by atoms with van der Waals surface area (Å²) < 4.78 is 0. The molecule has 0 aromatic heterocycles. The van der Waals surface area contributed by atoms with Crippen molar-refractivity contribution in [1.82, 2.24) is 5.32 Å². The lowest BCUT2D eigenvalue weighted by Crippen LogP contribution is -2.46. The summed E-state index contributed by atoms with van der Waals surface area (Å²) in [6, 6.07) is -1.22. The maximum absolute atomic E-state index is 11.6. The molecule has 0 bridgehead atoms. The summed E-state index contributed by atoms with van der Waals surface area (Å²) in [5.74, 6) is -0.0143. The van der Waals surface area contributed by atoms with E-state index < -0.39 is 12.1 Å². The van der Waals surface area contributed by atoms with Crippen LogP contribution in [0.15, 0.2) is 0 Å². The third kappa shape index (κ3) is 7.46. The molecule has 6 N–H and O–H groups in total. The molecule has 0 radical (unpaired) electrons. The number of amides is 1. The van der Waals surface area contributed by atoms with Crippen LogP contribution in [0.3, 0.4) is 0 Å². The Hall–Kier alpha value is -1.43. The van der Waals surface area contributed by atoms with Crippen molar-refractivity contribution in [3.8, 4) is 0 Å². The van der Waals surface area contributed by atoms with Crippen molar-refractivity contribution in [2.75, 3.05) is 0 Å². The molecule has 17 heavy (non-hydrogen) atoms. The summed E-state index contributed by atoms with van der Waals surface area (Å²) >= 11 is 0. The SMILES string of the molecule is CC(C)CC(N)C(=O)NC(C=O)CCC(=N)N. The molecule has 0 fully saturated rings. The van der Waals surface area contributed by atoms with Gasteiger partial charge in [-0.25, -0.2) is 0 Å². The smallest absolute Gasteiger partial charge is 0.237 e. The van der Waals surface area contributed by atoms with Gasteiger partial charge in [-0.2, -0.15) is 0 Å². The summed E-state index contributed by atoms with van der Waals surface area (Å²) in [6.07, 6.45) is 1.83. The molecule has 0 saturated heterocycles. The van der Waals surface area contributed by atoms with Crippen LogP contribution in [-0.4, -0.2) is 30.1 Å². The van der Waals surface area contributed by atoms with Gasteiger partial charge in [0.1, 0.15) is 6.29 Å². The number of aldehydes is 1. The van der Waals surface area contributed by atoms with Gasteiger partial charge >= 0.3 is 0 Å². The van der Waals surface area contributed by atoms with Crippen molar-refractivity contribution in [2.45, 2.75) is 45.2 Å². The van der Waals surface area contributed by atoms with Crippen LogP contribution in [0.4, 0.5) is 0 Å². The first-order valence-electron chi connectivity index (χ1n) is 5.71. The van der Waals surface area contributed by atoms with E-state index >= 15 is 0 Å². The van der Waals surface area contributed by atoms with Crippen molar-refractivity contribution < 1.29 is 9.59 Å². The fourth-order valence-electron chi connectivity index (χ4n) is 1.39. The van der Waals surface area contributed by atoms with Crippen LogP contribution >= 0.6 is 0 Å². The Balaban J connectivity index is 4.13. The van der Waals surface area contributed by atoms with Gasteiger partial charge in [-0.05, 0) is 18.8 Å². The second kappa shape index (κ2) is 7.78. The quantitative estimate of drug-likeness (QED) is 0.266. The second-order valence-corrected chi connectivity index (χ2v) is 4.55. The van der Waals surface area contributed by atoms with Gasteiger partial charge in [0.05, 0.1) is 17.9 Å². The highest BCUT2D eigenvalue weighted by molar-refractivity contribution is 5.84. The third-order valence-corrected chi connectivity index (χ3v) is 2.28. The van der Waals surface area contributed by atoms with E-state index in [9.17, 15) is 9.59 Å². The fourth-order valence-corrected chi connectivity index (χ4v) is 1.39. The first-order chi connectivity index (χ1) is 7.86. The highest BCUT2D eigenvalue weighted by Crippen LogP contribution is 2.03. The molecule has 2 unspecified atom stereocenters. The summed E-state index contributed by atoms with van der Waals surface area (Å²) in [5.41, 5.74) is 10.9. The molecular weight excluding hydrogens is 220 g/mol. The minimum absolute atomic E-state index is 0.00224. The molecule has 0 aromatic carbocycles. The predicted octanol–water partition coefficient (Wildman–Crippen LogP) is -0.240. The second-order valence-electron chi connectivity index (χ2n) is 4.55. The average Bonchev–Trinajstić information content (AvgIpc) is 2.22. The van der Waals surface area contributed by atoms with E-state index in [2.05, 4.69) is 5.32 Å². The highest BCUT2D eigenvalue weighted by atomic mass is 16.2. The summed E-state index contributed by atoms with van der Waals surface area (Å²) in [4.78, 5) is 22.3. The molecule has 0 rings (SSSR count). The Labute approximate surface area is 102 Å². The average molecular weight is 242 g/mol. The Bertz CT molecular complexity index is 279. The lowest BCUT2D eigenvalue weighted by atomic mass is 10.0. The van der Waals surface area contributed by atoms with Crippen LogP contribution in [0.25, 0.3) is 0 Å². The van der Waals surface area contributed by atoms with Gasteiger partial charge in [-0.3, -0.25) is 10.2 Å².